The van der Waals surface area contributed by atoms with Crippen molar-refractivity contribution < 1.29 is 0 Å². The standard InChI is InChI=1S/C56H33N3.C38H23N3.C37H22N4/c1-3-12-37-30-41(21-19-34(37)10-1)52-43-15-5-6-16-44(43)53(42-22-20-35-11-2-4-13-38(35)31-42)48-33-39(24-27-46(48)52)40-25-28-50-47(32-40)45-26-23-36-14-9-29-57-55(36)54(45)56-58-49-17-7-8-18-51(49)59(50)56;1-2-8-26-21-29(15-14-24(26)7-1)27-9-5-10-28(22-27)30-17-19-34-32(23-30)31-18-16-25-11-6-20-39-37(25)36(31)38-40-33-12-3-4-13-35(33)41(34)38;1-2-8-25-21-26(15-14-23(25)7-1)30-11-5-12-31(39-30)27-17-19-33-29(22-27)28-18-16-24-9-6-20-38-36(24)35(28)37-40-32-10-3-4-13-34(32)41(33)37/h1-33H;1-23H;1-22H. The zero-order valence-electron chi connectivity index (χ0n) is 76.0. The average Bonchev–Trinajstić information content (AvgIpc) is 1.56. The fraction of sp³-hybridized carbons (Fsp3) is 0. The van der Waals surface area contributed by atoms with Gasteiger partial charge in [-0.05, 0) is 276 Å². The average molecular weight is 1790 g/mol. The SMILES string of the molecule is c1cc(-c2ccc3ccccc3c2)cc(-c2ccc3c(c2)c2ccc4cccnc4c2c2nc4ccccc4n32)c1.c1cc(-c2ccc3ccccc3c2)nc(-c2ccc3c(c2)c2ccc4cccnc4c2c2nc4ccccc4n32)c1.c1ccc2cc(-c3c4ccccc4c(-c4ccc5ccccc5c4)c4cc(-c5ccc6c(c5)c5ccc7cccnc7c5c5nc7ccccc7n65)ccc34)ccc2c1. The van der Waals surface area contributed by atoms with Crippen molar-refractivity contribution in [1.29, 1.82) is 0 Å². The third-order valence-corrected chi connectivity index (χ3v) is 29.1. The molecule has 10 heterocycles. The van der Waals surface area contributed by atoms with E-state index in [2.05, 4.69) is 444 Å². The molecule has 10 nitrogen and oxygen atoms in total. The number of pyridine rings is 7. The molecule has 0 amide bonds. The van der Waals surface area contributed by atoms with Crippen molar-refractivity contribution in [3.63, 3.8) is 0 Å². The van der Waals surface area contributed by atoms with Gasteiger partial charge in [0, 0.05) is 62.0 Å². The number of fused-ring (bicyclic) bond motifs is 36. The molecule has 10 aromatic heterocycles. The summed E-state index contributed by atoms with van der Waals surface area (Å²) in [6.07, 6.45) is 5.63. The molecule has 31 rings (SSSR count). The molecule has 10 heteroatoms. The summed E-state index contributed by atoms with van der Waals surface area (Å²) < 4.78 is 6.91. The molecule has 0 unspecified atom stereocenters. The monoisotopic (exact) mass is 1790 g/mol. The van der Waals surface area contributed by atoms with E-state index in [4.69, 9.17) is 34.9 Å². The van der Waals surface area contributed by atoms with Gasteiger partial charge in [-0.1, -0.05) is 315 Å². The topological polar surface area (TPSA) is 103 Å². The highest BCUT2D eigenvalue weighted by Gasteiger charge is 2.25. The number of rotatable bonds is 7. The molecule has 31 aromatic rings. The number of nitrogens with zero attached hydrogens (tertiary/aromatic N) is 10. The summed E-state index contributed by atoms with van der Waals surface area (Å²) in [5.74, 6) is 0. The van der Waals surface area contributed by atoms with Crippen LogP contribution in [0.3, 0.4) is 0 Å². The van der Waals surface area contributed by atoms with Crippen LogP contribution in [0.2, 0.25) is 0 Å². The molecule has 0 saturated heterocycles. The maximum absolute atomic E-state index is 5.21. The largest absolute Gasteiger partial charge is 0.292 e. The molecule has 0 atom stereocenters. The van der Waals surface area contributed by atoms with Gasteiger partial charge < -0.3 is 0 Å². The van der Waals surface area contributed by atoms with Gasteiger partial charge in [0.2, 0.25) is 0 Å². The van der Waals surface area contributed by atoms with Crippen molar-refractivity contribution >= 4 is 212 Å². The summed E-state index contributed by atoms with van der Waals surface area (Å²) >= 11 is 0. The summed E-state index contributed by atoms with van der Waals surface area (Å²) in [7, 11) is 0. The van der Waals surface area contributed by atoms with Gasteiger partial charge in [0.1, 0.15) is 16.9 Å². The van der Waals surface area contributed by atoms with Gasteiger partial charge in [0.25, 0.3) is 0 Å². The van der Waals surface area contributed by atoms with Crippen LogP contribution >= 0.6 is 0 Å². The Morgan fingerprint density at radius 3 is 0.858 bits per heavy atom. The molecule has 0 fully saturated rings. The molecule has 0 spiro atoms. The molecule has 0 aliphatic rings. The fourth-order valence-electron chi connectivity index (χ4n) is 22.5. The Balaban J connectivity index is 0.000000104. The molecule has 0 aliphatic heterocycles. The number of benzene rings is 21. The van der Waals surface area contributed by atoms with E-state index in [1.54, 1.807) is 0 Å². The van der Waals surface area contributed by atoms with E-state index in [1.165, 1.54) is 131 Å². The second-order valence-corrected chi connectivity index (χ2v) is 37.0. The quantitative estimate of drug-likeness (QED) is 0.116. The van der Waals surface area contributed by atoms with Gasteiger partial charge in [-0.25, -0.2) is 19.9 Å². The predicted octanol–water partition coefficient (Wildman–Crippen LogP) is 34.0. The summed E-state index contributed by atoms with van der Waals surface area (Å²) in [5.41, 5.74) is 31.5. The first-order valence-corrected chi connectivity index (χ1v) is 47.9. The molecule has 141 heavy (non-hydrogen) atoms. The lowest BCUT2D eigenvalue weighted by molar-refractivity contribution is 1.30. The Hall–Kier alpha value is -19.0. The van der Waals surface area contributed by atoms with Crippen molar-refractivity contribution in [3.8, 4) is 78.1 Å². The Morgan fingerprint density at radius 2 is 0.426 bits per heavy atom. The van der Waals surface area contributed by atoms with Crippen LogP contribution < -0.4 is 0 Å². The Morgan fingerprint density at radius 1 is 0.149 bits per heavy atom. The third-order valence-electron chi connectivity index (χ3n) is 29.1. The fourth-order valence-corrected chi connectivity index (χ4v) is 22.5. The smallest absolute Gasteiger partial charge is 0.148 e. The molecule has 0 saturated carbocycles. The van der Waals surface area contributed by atoms with Crippen LogP contribution in [0.15, 0.2) is 474 Å². The van der Waals surface area contributed by atoms with Gasteiger partial charge in [-0.2, -0.15) is 0 Å². The number of para-hydroxylation sites is 6. The van der Waals surface area contributed by atoms with Crippen LogP contribution in [0.4, 0.5) is 0 Å². The van der Waals surface area contributed by atoms with E-state index in [1.807, 2.05) is 42.9 Å². The van der Waals surface area contributed by atoms with E-state index < -0.39 is 0 Å². The zero-order chi connectivity index (χ0) is 92.4. The van der Waals surface area contributed by atoms with Crippen LogP contribution in [0.25, 0.3) is 291 Å². The summed E-state index contributed by atoms with van der Waals surface area (Å²) in [6.45, 7) is 0. The van der Waals surface area contributed by atoms with Crippen molar-refractivity contribution in [2.75, 3.05) is 0 Å². The highest BCUT2D eigenvalue weighted by atomic mass is 15.0. The van der Waals surface area contributed by atoms with Crippen LogP contribution in [-0.4, -0.2) is 48.1 Å². The van der Waals surface area contributed by atoms with E-state index in [9.17, 15) is 0 Å². The van der Waals surface area contributed by atoms with Gasteiger partial charge in [-0.15, -0.1) is 0 Å². The first kappa shape index (κ1) is 79.4. The lowest BCUT2D eigenvalue weighted by atomic mass is 9.84. The minimum absolute atomic E-state index is 0.933. The van der Waals surface area contributed by atoms with Gasteiger partial charge in [-0.3, -0.25) is 28.2 Å². The van der Waals surface area contributed by atoms with Crippen LogP contribution in [-0.2, 0) is 0 Å². The van der Waals surface area contributed by atoms with Crippen molar-refractivity contribution in [2.24, 2.45) is 0 Å². The summed E-state index contributed by atoms with van der Waals surface area (Å²) in [4.78, 5) is 35.1. The molecule has 0 bridgehead atoms. The summed E-state index contributed by atoms with van der Waals surface area (Å²) in [6, 6.07) is 164. The highest BCUT2D eigenvalue weighted by Crippen LogP contribution is 2.49. The lowest BCUT2D eigenvalue weighted by Crippen LogP contribution is -1.94. The van der Waals surface area contributed by atoms with Crippen molar-refractivity contribution in [3.05, 3.63) is 474 Å². The Bertz CT molecular complexity index is 10400. The van der Waals surface area contributed by atoms with E-state index in [0.29, 0.717) is 0 Å². The molecular formula is C131H78N10. The molecular weight excluding hydrogens is 1710 g/mol. The van der Waals surface area contributed by atoms with Crippen LogP contribution in [0.1, 0.15) is 0 Å². The molecule has 0 radical (unpaired) electrons. The number of hydrogen-bond acceptors (Lipinski definition) is 7. The first-order valence-electron chi connectivity index (χ1n) is 47.9. The minimum Gasteiger partial charge on any atom is -0.292 e. The lowest BCUT2D eigenvalue weighted by Gasteiger charge is -2.19. The van der Waals surface area contributed by atoms with E-state index in [0.717, 1.165) is 160 Å². The number of aromatic nitrogens is 10. The minimum atomic E-state index is 0.933. The van der Waals surface area contributed by atoms with E-state index in [-0.39, 0.29) is 0 Å². The second kappa shape index (κ2) is 31.8. The maximum Gasteiger partial charge on any atom is 0.148 e. The molecule has 21 aromatic carbocycles. The molecule has 652 valence electrons. The van der Waals surface area contributed by atoms with E-state index >= 15 is 0 Å². The normalized spacial score (nSPS) is 12.0. The molecule has 0 N–H and O–H groups in total. The number of hydrogen-bond donors (Lipinski definition) is 0. The third kappa shape index (κ3) is 12.9. The highest BCUT2D eigenvalue weighted by molar-refractivity contribution is 6.28. The Labute approximate surface area is 806 Å². The first-order chi connectivity index (χ1) is 69.9. The zero-order valence-corrected chi connectivity index (χ0v) is 76.0. The Kier molecular flexibility index (Phi) is 17.9. The summed E-state index contributed by atoms with van der Waals surface area (Å²) in [5, 5.41) is 28.4. The van der Waals surface area contributed by atoms with Gasteiger partial charge >= 0.3 is 0 Å². The number of imidazole rings is 3. The van der Waals surface area contributed by atoms with Crippen molar-refractivity contribution in [1.82, 2.24) is 48.1 Å². The van der Waals surface area contributed by atoms with Gasteiger partial charge in [0.15, 0.2) is 0 Å². The van der Waals surface area contributed by atoms with Crippen LogP contribution in [0, 0.1) is 0 Å². The van der Waals surface area contributed by atoms with Crippen molar-refractivity contribution in [2.45, 2.75) is 0 Å². The van der Waals surface area contributed by atoms with Gasteiger partial charge in [0.05, 0.1) is 93.7 Å². The second-order valence-electron chi connectivity index (χ2n) is 37.0. The maximum atomic E-state index is 5.21. The molecule has 0 aliphatic carbocycles. The van der Waals surface area contributed by atoms with Crippen LogP contribution in [0.5, 0.6) is 0 Å². The predicted molar refractivity (Wildman–Crippen MR) is 590 cm³/mol.